The van der Waals surface area contributed by atoms with Gasteiger partial charge in [-0.15, -0.1) is 0 Å². The van der Waals surface area contributed by atoms with E-state index in [-0.39, 0.29) is 6.54 Å². The van der Waals surface area contributed by atoms with Gasteiger partial charge in [0.1, 0.15) is 0 Å². The van der Waals surface area contributed by atoms with Gasteiger partial charge in [-0.25, -0.2) is 0 Å². The second kappa shape index (κ2) is 2.36. The van der Waals surface area contributed by atoms with E-state index in [4.69, 9.17) is 0 Å². The molecule has 0 radical (unpaired) electrons. The number of hydrogen-bond acceptors (Lipinski definition) is 1. The number of halogens is 3. The van der Waals surface area contributed by atoms with Crippen LogP contribution in [0.4, 0.5) is 13.2 Å². The van der Waals surface area contributed by atoms with Crippen molar-refractivity contribution in [2.24, 2.45) is 0 Å². The van der Waals surface area contributed by atoms with Crippen molar-refractivity contribution in [3.8, 4) is 0 Å². The molecule has 4 heteroatoms. The van der Waals surface area contributed by atoms with Crippen molar-refractivity contribution in [3.05, 3.63) is 23.9 Å². The molecule has 56 valence electrons. The monoisotopic (exact) mass is 149 g/mol. The molecule has 0 aliphatic carbocycles. The molecule has 0 fully saturated rings. The minimum atomic E-state index is -4.18. The summed E-state index contributed by atoms with van der Waals surface area (Å²) in [5, 5.41) is 2.47. The van der Waals surface area contributed by atoms with Crippen LogP contribution >= 0.6 is 0 Å². The third kappa shape index (κ3) is 1.52. The fraction of sp³-hybridized carbons (Fsp3) is 0.333. The first-order valence-corrected chi connectivity index (χ1v) is 2.77. The second-order valence-corrected chi connectivity index (χ2v) is 1.93. The molecule has 1 nitrogen and oxygen atoms in total. The lowest BCUT2D eigenvalue weighted by molar-refractivity contribution is -0.0928. The Bertz CT molecular complexity index is 178. The Balaban J connectivity index is 2.72. The van der Waals surface area contributed by atoms with Crippen LogP contribution in [0, 0.1) is 0 Å². The van der Waals surface area contributed by atoms with E-state index in [2.05, 4.69) is 5.32 Å². The molecule has 0 atom stereocenters. The van der Waals surface area contributed by atoms with Gasteiger partial charge in [0.05, 0.1) is 5.57 Å². The molecule has 0 aromatic heterocycles. The molecule has 0 aromatic carbocycles. The standard InChI is InChI=1S/C6H6F3N/c7-6(8,9)5-2-1-3-10-4-5/h1-3,10H,4H2. The highest BCUT2D eigenvalue weighted by Gasteiger charge is 2.32. The van der Waals surface area contributed by atoms with Crippen molar-refractivity contribution in [2.45, 2.75) is 6.18 Å². The summed E-state index contributed by atoms with van der Waals surface area (Å²) in [6, 6.07) is 0. The number of alkyl halides is 3. The lowest BCUT2D eigenvalue weighted by atomic mass is 10.2. The Labute approximate surface area is 56.2 Å². The molecule has 0 amide bonds. The van der Waals surface area contributed by atoms with Gasteiger partial charge in [0.25, 0.3) is 0 Å². The summed E-state index contributed by atoms with van der Waals surface area (Å²) in [5.74, 6) is 0. The molecule has 1 heterocycles. The van der Waals surface area contributed by atoms with Crippen LogP contribution in [0.15, 0.2) is 23.9 Å². The molecule has 1 aliphatic rings. The number of dihydropyridines is 1. The third-order valence-electron chi connectivity index (χ3n) is 1.17. The SMILES string of the molecule is FC(F)(F)C1=CC=CNC1. The van der Waals surface area contributed by atoms with Crippen LogP contribution in [-0.4, -0.2) is 12.7 Å². The van der Waals surface area contributed by atoms with Crippen molar-refractivity contribution in [2.75, 3.05) is 6.54 Å². The van der Waals surface area contributed by atoms with Crippen LogP contribution in [0.3, 0.4) is 0 Å². The average Bonchev–Trinajstić information content (AvgIpc) is 1.88. The van der Waals surface area contributed by atoms with Gasteiger partial charge < -0.3 is 5.32 Å². The maximum absolute atomic E-state index is 11.8. The molecule has 0 aromatic rings. The highest BCUT2D eigenvalue weighted by molar-refractivity contribution is 5.21. The van der Waals surface area contributed by atoms with Gasteiger partial charge in [-0.1, -0.05) is 6.08 Å². The molecule has 0 saturated heterocycles. The van der Waals surface area contributed by atoms with Crippen LogP contribution in [0.25, 0.3) is 0 Å². The molecule has 10 heavy (non-hydrogen) atoms. The van der Waals surface area contributed by atoms with Crippen LogP contribution in [-0.2, 0) is 0 Å². The zero-order valence-corrected chi connectivity index (χ0v) is 5.07. The van der Waals surface area contributed by atoms with E-state index < -0.39 is 11.7 Å². The highest BCUT2D eigenvalue weighted by atomic mass is 19.4. The van der Waals surface area contributed by atoms with Crippen molar-refractivity contribution >= 4 is 0 Å². The molecule has 1 rings (SSSR count). The number of hydrogen-bond donors (Lipinski definition) is 1. The van der Waals surface area contributed by atoms with Crippen LogP contribution in [0.5, 0.6) is 0 Å². The van der Waals surface area contributed by atoms with Gasteiger partial charge in [-0.2, -0.15) is 13.2 Å². The smallest absolute Gasteiger partial charge is 0.387 e. The van der Waals surface area contributed by atoms with Gasteiger partial charge in [-0.3, -0.25) is 0 Å². The summed E-state index contributed by atoms with van der Waals surface area (Å²) in [7, 11) is 0. The molecule has 1 N–H and O–H groups in total. The fourth-order valence-corrected chi connectivity index (χ4v) is 0.655. The summed E-state index contributed by atoms with van der Waals surface area (Å²) < 4.78 is 35.4. The first-order valence-electron chi connectivity index (χ1n) is 2.77. The molecular weight excluding hydrogens is 143 g/mol. The van der Waals surface area contributed by atoms with E-state index in [1.807, 2.05) is 0 Å². The molecule has 0 unspecified atom stereocenters. The van der Waals surface area contributed by atoms with Crippen LogP contribution in [0.2, 0.25) is 0 Å². The van der Waals surface area contributed by atoms with Crippen molar-refractivity contribution < 1.29 is 13.2 Å². The molecule has 0 saturated carbocycles. The van der Waals surface area contributed by atoms with Crippen LogP contribution < -0.4 is 5.32 Å². The quantitative estimate of drug-likeness (QED) is 0.551. The predicted octanol–water partition coefficient (Wildman–Crippen LogP) is 1.59. The normalized spacial score (nSPS) is 18.1. The van der Waals surface area contributed by atoms with E-state index in [0.29, 0.717) is 0 Å². The summed E-state index contributed by atoms with van der Waals surface area (Å²) in [6.07, 6.45) is -0.296. The van der Waals surface area contributed by atoms with Crippen molar-refractivity contribution in [3.63, 3.8) is 0 Å². The molecule has 0 bridgehead atoms. The van der Waals surface area contributed by atoms with Gasteiger partial charge in [0, 0.05) is 6.54 Å². The second-order valence-electron chi connectivity index (χ2n) is 1.93. The lowest BCUT2D eigenvalue weighted by Crippen LogP contribution is -2.23. The Kier molecular flexibility index (Phi) is 1.70. The Hall–Kier alpha value is -0.930. The highest BCUT2D eigenvalue weighted by Crippen LogP contribution is 2.25. The topological polar surface area (TPSA) is 12.0 Å². The molecule has 1 aliphatic heterocycles. The third-order valence-corrected chi connectivity index (χ3v) is 1.17. The lowest BCUT2D eigenvalue weighted by Gasteiger charge is -2.13. The summed E-state index contributed by atoms with van der Waals surface area (Å²) in [4.78, 5) is 0. The van der Waals surface area contributed by atoms with Gasteiger partial charge in [0.15, 0.2) is 0 Å². The van der Waals surface area contributed by atoms with E-state index in [9.17, 15) is 13.2 Å². The molecular formula is C6H6F3N. The predicted molar refractivity (Wildman–Crippen MR) is 31.3 cm³/mol. The minimum Gasteiger partial charge on any atom is -0.387 e. The zero-order valence-electron chi connectivity index (χ0n) is 5.07. The largest absolute Gasteiger partial charge is 0.414 e. The summed E-state index contributed by atoms with van der Waals surface area (Å²) in [6.45, 7) is -0.125. The zero-order chi connectivity index (χ0) is 7.61. The van der Waals surface area contributed by atoms with Crippen LogP contribution in [0.1, 0.15) is 0 Å². The Morgan fingerprint density at radius 1 is 1.40 bits per heavy atom. The number of rotatable bonds is 0. The van der Waals surface area contributed by atoms with E-state index >= 15 is 0 Å². The van der Waals surface area contributed by atoms with E-state index in [1.165, 1.54) is 12.3 Å². The minimum absolute atomic E-state index is 0.125. The number of nitrogens with one attached hydrogen (secondary N) is 1. The van der Waals surface area contributed by atoms with Gasteiger partial charge >= 0.3 is 6.18 Å². The van der Waals surface area contributed by atoms with E-state index in [1.54, 1.807) is 0 Å². The fourth-order valence-electron chi connectivity index (χ4n) is 0.655. The maximum atomic E-state index is 11.8. The van der Waals surface area contributed by atoms with Crippen molar-refractivity contribution in [1.29, 1.82) is 0 Å². The van der Waals surface area contributed by atoms with E-state index in [0.717, 1.165) is 6.08 Å². The number of allylic oxidation sites excluding steroid dienone is 2. The maximum Gasteiger partial charge on any atom is 0.414 e. The van der Waals surface area contributed by atoms with Crippen molar-refractivity contribution in [1.82, 2.24) is 5.32 Å². The summed E-state index contributed by atoms with van der Waals surface area (Å²) >= 11 is 0. The van der Waals surface area contributed by atoms with Gasteiger partial charge in [0.2, 0.25) is 0 Å². The first-order chi connectivity index (χ1) is 4.61. The average molecular weight is 149 g/mol. The molecule has 0 spiro atoms. The Morgan fingerprint density at radius 3 is 2.40 bits per heavy atom. The summed E-state index contributed by atoms with van der Waals surface area (Å²) in [5.41, 5.74) is -0.532. The van der Waals surface area contributed by atoms with Gasteiger partial charge in [-0.05, 0) is 12.3 Å². The Morgan fingerprint density at radius 2 is 2.10 bits per heavy atom. The first kappa shape index (κ1) is 7.18.